The Hall–Kier alpha value is -2.75. The summed E-state index contributed by atoms with van der Waals surface area (Å²) in [5.74, 6) is -2.45. The van der Waals surface area contributed by atoms with Crippen LogP contribution in [0.2, 0.25) is 0 Å². The number of amides is 3. The minimum Gasteiger partial charge on any atom is -0.330 e. The van der Waals surface area contributed by atoms with Crippen LogP contribution in [0, 0.1) is 17.1 Å². The molecular weight excluding hydrogens is 277 g/mol. The molecule has 1 saturated heterocycles. The smallest absolute Gasteiger partial charge is 0.257 e. The molecule has 6 nitrogen and oxygen atoms in total. The molecule has 0 aliphatic carbocycles. The van der Waals surface area contributed by atoms with E-state index in [1.807, 2.05) is 6.07 Å². The molecule has 1 aliphatic rings. The van der Waals surface area contributed by atoms with E-state index in [0.717, 1.165) is 17.0 Å². The van der Waals surface area contributed by atoms with E-state index < -0.39 is 29.6 Å². The molecule has 108 valence electrons. The highest BCUT2D eigenvalue weighted by molar-refractivity contribution is 6.03. The number of nitriles is 1. The summed E-state index contributed by atoms with van der Waals surface area (Å²) in [6.07, 6.45) is 0.307. The van der Waals surface area contributed by atoms with Gasteiger partial charge in [-0.3, -0.25) is 19.7 Å². The molecule has 0 spiro atoms. The van der Waals surface area contributed by atoms with E-state index in [4.69, 9.17) is 5.26 Å². The highest BCUT2D eigenvalue weighted by atomic mass is 19.1. The number of hydrogen-bond donors (Lipinski definition) is 1. The van der Waals surface area contributed by atoms with Crippen molar-refractivity contribution in [1.82, 2.24) is 10.2 Å². The number of carbonyl (C=O) groups is 3. The van der Waals surface area contributed by atoms with Gasteiger partial charge in [-0.05, 0) is 24.6 Å². The molecule has 0 bridgehead atoms. The lowest BCUT2D eigenvalue weighted by atomic mass is 10.0. The van der Waals surface area contributed by atoms with Crippen LogP contribution in [0.3, 0.4) is 0 Å². The Morgan fingerprint density at radius 3 is 2.81 bits per heavy atom. The second-order valence-corrected chi connectivity index (χ2v) is 4.69. The van der Waals surface area contributed by atoms with Crippen molar-refractivity contribution < 1.29 is 18.8 Å². The quantitative estimate of drug-likeness (QED) is 0.806. The summed E-state index contributed by atoms with van der Waals surface area (Å²) in [5, 5.41) is 10.9. The van der Waals surface area contributed by atoms with Gasteiger partial charge in [0.15, 0.2) is 0 Å². The number of piperidine rings is 1. The summed E-state index contributed by atoms with van der Waals surface area (Å²) in [5.41, 5.74) is -0.127. The Labute approximate surface area is 120 Å². The maximum absolute atomic E-state index is 13.7. The van der Waals surface area contributed by atoms with Crippen LogP contribution < -0.4 is 5.32 Å². The highest BCUT2D eigenvalue weighted by Gasteiger charge is 2.33. The first kappa shape index (κ1) is 14.7. The SMILES string of the molecule is CN(C(=O)c1cc(C#N)ccc1F)C1CCC(=O)NC1=O. The van der Waals surface area contributed by atoms with E-state index in [9.17, 15) is 18.8 Å². The van der Waals surface area contributed by atoms with Gasteiger partial charge in [0.1, 0.15) is 11.9 Å². The van der Waals surface area contributed by atoms with Crippen molar-refractivity contribution in [2.45, 2.75) is 18.9 Å². The van der Waals surface area contributed by atoms with E-state index in [0.29, 0.717) is 0 Å². The summed E-state index contributed by atoms with van der Waals surface area (Å²) < 4.78 is 13.7. The predicted octanol–water partition coefficient (Wildman–Crippen LogP) is 0.575. The molecule has 1 aromatic rings. The van der Waals surface area contributed by atoms with Crippen molar-refractivity contribution in [3.8, 4) is 6.07 Å². The molecule has 0 saturated carbocycles. The van der Waals surface area contributed by atoms with Gasteiger partial charge in [-0.2, -0.15) is 5.26 Å². The van der Waals surface area contributed by atoms with Crippen molar-refractivity contribution in [3.05, 3.63) is 35.1 Å². The summed E-state index contributed by atoms with van der Waals surface area (Å²) >= 11 is 0. The summed E-state index contributed by atoms with van der Waals surface area (Å²) in [4.78, 5) is 36.2. The van der Waals surface area contributed by atoms with Gasteiger partial charge in [0.05, 0.1) is 17.2 Å². The zero-order chi connectivity index (χ0) is 15.6. The number of nitrogens with zero attached hydrogens (tertiary/aromatic N) is 2. The van der Waals surface area contributed by atoms with Crippen LogP contribution in [-0.4, -0.2) is 35.7 Å². The van der Waals surface area contributed by atoms with Gasteiger partial charge < -0.3 is 4.90 Å². The molecule has 1 fully saturated rings. The monoisotopic (exact) mass is 289 g/mol. The lowest BCUT2D eigenvalue weighted by Gasteiger charge is -2.29. The van der Waals surface area contributed by atoms with Gasteiger partial charge in [0, 0.05) is 13.5 Å². The van der Waals surface area contributed by atoms with Crippen molar-refractivity contribution in [2.24, 2.45) is 0 Å². The first-order valence-electron chi connectivity index (χ1n) is 6.24. The number of hydrogen-bond acceptors (Lipinski definition) is 4. The lowest BCUT2D eigenvalue weighted by Crippen LogP contribution is -2.53. The van der Waals surface area contributed by atoms with Crippen LogP contribution >= 0.6 is 0 Å². The second kappa shape index (κ2) is 5.71. The van der Waals surface area contributed by atoms with Crippen molar-refractivity contribution >= 4 is 17.7 Å². The molecule has 1 unspecified atom stereocenters. The minimum atomic E-state index is -0.833. The molecule has 2 rings (SSSR count). The van der Waals surface area contributed by atoms with E-state index in [1.165, 1.54) is 13.1 Å². The van der Waals surface area contributed by atoms with E-state index >= 15 is 0 Å². The van der Waals surface area contributed by atoms with Crippen LogP contribution in [0.25, 0.3) is 0 Å². The zero-order valence-electron chi connectivity index (χ0n) is 11.2. The average molecular weight is 289 g/mol. The van der Waals surface area contributed by atoms with Gasteiger partial charge in [0.2, 0.25) is 11.8 Å². The fourth-order valence-electron chi connectivity index (χ4n) is 2.14. The minimum absolute atomic E-state index is 0.120. The van der Waals surface area contributed by atoms with Crippen molar-refractivity contribution in [1.29, 1.82) is 5.26 Å². The van der Waals surface area contributed by atoms with Crippen LogP contribution in [-0.2, 0) is 9.59 Å². The lowest BCUT2D eigenvalue weighted by molar-refractivity contribution is -0.136. The van der Waals surface area contributed by atoms with E-state index in [-0.39, 0.29) is 24.0 Å². The molecule has 7 heteroatoms. The Bertz CT molecular complexity index is 666. The Morgan fingerprint density at radius 2 is 2.19 bits per heavy atom. The van der Waals surface area contributed by atoms with Gasteiger partial charge in [0.25, 0.3) is 5.91 Å². The second-order valence-electron chi connectivity index (χ2n) is 4.69. The number of rotatable bonds is 2. The van der Waals surface area contributed by atoms with Gasteiger partial charge in [-0.15, -0.1) is 0 Å². The van der Waals surface area contributed by atoms with Crippen LogP contribution in [0.15, 0.2) is 18.2 Å². The molecule has 1 atom stereocenters. The van der Waals surface area contributed by atoms with Crippen LogP contribution in [0.4, 0.5) is 4.39 Å². The number of nitrogens with one attached hydrogen (secondary N) is 1. The number of imide groups is 1. The third-order valence-electron chi connectivity index (χ3n) is 3.32. The summed E-state index contributed by atoms with van der Waals surface area (Å²) in [6.45, 7) is 0. The largest absolute Gasteiger partial charge is 0.330 e. The van der Waals surface area contributed by atoms with Gasteiger partial charge >= 0.3 is 0 Å². The first-order chi connectivity index (χ1) is 9.93. The van der Waals surface area contributed by atoms with Crippen molar-refractivity contribution in [2.75, 3.05) is 7.05 Å². The molecule has 3 amide bonds. The highest BCUT2D eigenvalue weighted by Crippen LogP contribution is 2.17. The maximum Gasteiger partial charge on any atom is 0.257 e. The molecule has 1 heterocycles. The molecule has 1 N–H and O–H groups in total. The fourth-order valence-corrected chi connectivity index (χ4v) is 2.14. The van der Waals surface area contributed by atoms with E-state index in [1.54, 1.807) is 0 Å². The Morgan fingerprint density at radius 1 is 1.48 bits per heavy atom. The third-order valence-corrected chi connectivity index (χ3v) is 3.32. The number of benzene rings is 1. The topological polar surface area (TPSA) is 90.3 Å². The van der Waals surface area contributed by atoms with E-state index in [2.05, 4.69) is 5.32 Å². The molecule has 21 heavy (non-hydrogen) atoms. The summed E-state index contributed by atoms with van der Waals surface area (Å²) in [7, 11) is 1.36. The molecule has 0 radical (unpaired) electrons. The fraction of sp³-hybridized carbons (Fsp3) is 0.286. The molecular formula is C14H12FN3O3. The zero-order valence-corrected chi connectivity index (χ0v) is 11.2. The average Bonchev–Trinajstić information content (AvgIpc) is 2.46. The molecule has 0 aromatic heterocycles. The predicted molar refractivity (Wildman–Crippen MR) is 69.4 cm³/mol. The van der Waals surface area contributed by atoms with Gasteiger partial charge in [-0.1, -0.05) is 0 Å². The Balaban J connectivity index is 2.25. The van der Waals surface area contributed by atoms with Crippen LogP contribution in [0.1, 0.15) is 28.8 Å². The summed E-state index contributed by atoms with van der Waals surface area (Å²) in [6, 6.07) is 4.42. The number of halogens is 1. The normalized spacial score (nSPS) is 17.9. The van der Waals surface area contributed by atoms with Gasteiger partial charge in [-0.25, -0.2) is 4.39 Å². The maximum atomic E-state index is 13.7. The Kier molecular flexibility index (Phi) is 3.98. The third kappa shape index (κ3) is 2.89. The van der Waals surface area contributed by atoms with Crippen LogP contribution in [0.5, 0.6) is 0 Å². The molecule has 1 aliphatic heterocycles. The first-order valence-corrected chi connectivity index (χ1v) is 6.24. The standard InChI is InChI=1S/C14H12FN3O3/c1-18(11-4-5-12(19)17-13(11)20)14(21)9-6-8(7-16)2-3-10(9)15/h2-3,6,11H,4-5H2,1H3,(H,17,19,20). The van der Waals surface area contributed by atoms with Crippen molar-refractivity contribution in [3.63, 3.8) is 0 Å². The molecule has 1 aromatic carbocycles. The number of carbonyl (C=O) groups excluding carboxylic acids is 3. The number of likely N-dealkylation sites (N-methyl/N-ethyl adjacent to an activating group) is 1.